The Balaban J connectivity index is 2.20. The summed E-state index contributed by atoms with van der Waals surface area (Å²) in [5.41, 5.74) is 5.94. The van der Waals surface area contributed by atoms with Crippen LogP contribution in [-0.4, -0.2) is 65.2 Å². The molecule has 1 aliphatic rings. The van der Waals surface area contributed by atoms with Crippen molar-refractivity contribution in [2.24, 2.45) is 10.2 Å². The Morgan fingerprint density at radius 3 is 2.07 bits per heavy atom. The summed E-state index contributed by atoms with van der Waals surface area (Å²) in [5, 5.41) is 33.3. The molecule has 3 aromatic rings. The van der Waals surface area contributed by atoms with E-state index in [4.69, 9.17) is 5.10 Å². The largest absolute Gasteiger partial charge is 0.491 e. The van der Waals surface area contributed by atoms with Crippen LogP contribution in [0.5, 0.6) is 0 Å². The Hall–Kier alpha value is -3.54. The van der Waals surface area contributed by atoms with Crippen molar-refractivity contribution in [3.63, 3.8) is 0 Å². The van der Waals surface area contributed by atoms with E-state index in [1.807, 2.05) is 48.9 Å². The number of aliphatic hydroxyl groups is 1. The molecular formula is C28H37N9O2PS2+. The molecule has 0 saturated carbocycles. The topological polar surface area (TPSA) is 123 Å². The number of nitrogens with one attached hydrogen (secondary N) is 2. The standard InChI is InChI=1S/C28H36N9O2PS2/c1-19-23(38)35(26(41-7)31-29-19)33-25(34-36-24(39)20(2)30-32-27(36)42-8)37(28(3,4)5)40(6,21-15-11-9-12-16-21)22-17-13-10-14-18-22/h9-18H,1-8H3,(H2-,29,30,33,34,38,39)/p+1. The molecule has 0 aliphatic carbocycles. The monoisotopic (exact) mass is 626 g/mol. The van der Waals surface area contributed by atoms with Gasteiger partial charge in [-0.25, -0.2) is 4.33 Å². The number of hydrogen-bond donors (Lipinski definition) is 3. The van der Waals surface area contributed by atoms with Crippen molar-refractivity contribution in [2.75, 3.05) is 19.2 Å². The van der Waals surface area contributed by atoms with Crippen molar-refractivity contribution < 1.29 is 9.43 Å². The summed E-state index contributed by atoms with van der Waals surface area (Å²) < 4.78 is 3.49. The quantitative estimate of drug-likeness (QED) is 0.168. The second-order valence-corrected chi connectivity index (χ2v) is 15.4. The highest BCUT2D eigenvalue weighted by Crippen LogP contribution is 2.45. The van der Waals surface area contributed by atoms with Gasteiger partial charge in [-0.15, -0.1) is 25.0 Å². The first-order valence-corrected chi connectivity index (χ1v) is 17.8. The Bertz CT molecular complexity index is 1620. The molecule has 42 heavy (non-hydrogen) atoms. The number of nitrogens with zero attached hydrogens (tertiary/aromatic N) is 7. The number of guanidine groups is 1. The molecule has 0 fully saturated rings. The highest BCUT2D eigenvalue weighted by atomic mass is 32.2. The summed E-state index contributed by atoms with van der Waals surface area (Å²) in [7, 11) is -2.49. The van der Waals surface area contributed by atoms with Gasteiger partial charge in [0.05, 0.1) is 18.3 Å². The van der Waals surface area contributed by atoms with Crippen LogP contribution in [-0.2, 0) is 0 Å². The van der Waals surface area contributed by atoms with Gasteiger partial charge in [0.15, 0.2) is 0 Å². The van der Waals surface area contributed by atoms with Crippen molar-refractivity contribution in [1.29, 1.82) is 0 Å². The summed E-state index contributed by atoms with van der Waals surface area (Å²) in [6.45, 7) is 11.9. The van der Waals surface area contributed by atoms with Crippen LogP contribution in [0.25, 0.3) is 0 Å². The molecule has 0 spiro atoms. The third-order valence-electron chi connectivity index (χ3n) is 6.55. The molecule has 2 aromatic carbocycles. The Morgan fingerprint density at radius 1 is 1.00 bits per heavy atom. The maximum Gasteiger partial charge on any atom is 0.434 e. The van der Waals surface area contributed by atoms with Gasteiger partial charge in [0.2, 0.25) is 16.2 Å². The van der Waals surface area contributed by atoms with Gasteiger partial charge in [0.25, 0.3) is 0 Å². The highest BCUT2D eigenvalue weighted by molar-refractivity contribution is 8.13. The van der Waals surface area contributed by atoms with Crippen LogP contribution in [0.15, 0.2) is 92.4 Å². The predicted molar refractivity (Wildman–Crippen MR) is 175 cm³/mol. The fraction of sp³-hybridized carbons (Fsp3) is 0.321. The fourth-order valence-corrected chi connectivity index (χ4v) is 9.42. The average molecular weight is 627 g/mol. The third kappa shape index (κ3) is 6.13. The fourth-order valence-electron chi connectivity index (χ4n) is 4.62. The summed E-state index contributed by atoms with van der Waals surface area (Å²) in [5.74, 6) is 0.246. The van der Waals surface area contributed by atoms with Crippen molar-refractivity contribution >= 4 is 52.3 Å². The smallest absolute Gasteiger partial charge is 0.434 e. The van der Waals surface area contributed by atoms with Gasteiger partial charge in [-0.3, -0.25) is 10.2 Å². The molecule has 0 amide bonds. The van der Waals surface area contributed by atoms with E-state index in [0.717, 1.165) is 10.6 Å². The zero-order valence-corrected chi connectivity index (χ0v) is 27.6. The van der Waals surface area contributed by atoms with E-state index in [-0.39, 0.29) is 11.6 Å². The molecule has 0 atom stereocenters. The number of thioether (sulfide) groups is 2. The molecule has 0 unspecified atom stereocenters. The second kappa shape index (κ2) is 12.8. The number of benzene rings is 2. The van der Waals surface area contributed by atoms with Crippen LogP contribution >= 0.6 is 30.6 Å². The van der Waals surface area contributed by atoms with E-state index < -0.39 is 18.2 Å². The molecule has 4 rings (SSSR count). The lowest BCUT2D eigenvalue weighted by atomic mass is 10.1. The average Bonchev–Trinajstić information content (AvgIpc) is 2.98. The van der Waals surface area contributed by atoms with Gasteiger partial charge in [-0.05, 0) is 53.8 Å². The van der Waals surface area contributed by atoms with Crippen LogP contribution in [0.1, 0.15) is 33.4 Å². The molecule has 0 bridgehead atoms. The third-order valence-corrected chi connectivity index (χ3v) is 12.0. The molecule has 1 aliphatic heterocycles. The molecule has 0 radical (unpaired) electrons. The van der Waals surface area contributed by atoms with Crippen molar-refractivity contribution in [3.05, 3.63) is 88.3 Å². The van der Waals surface area contributed by atoms with Gasteiger partial charge < -0.3 is 5.11 Å². The van der Waals surface area contributed by atoms with Crippen molar-refractivity contribution in [1.82, 2.24) is 30.7 Å². The number of aryl methyl sites for hydroxylation is 1. The van der Waals surface area contributed by atoms with E-state index in [9.17, 15) is 9.90 Å². The number of hydrazone groups is 1. The van der Waals surface area contributed by atoms with Gasteiger partial charge in [-0.1, -0.05) is 84.2 Å². The molecule has 0 saturated heterocycles. The summed E-state index contributed by atoms with van der Waals surface area (Å²) >= 11 is 2.60. The molecule has 14 heteroatoms. The molecule has 2 heterocycles. The lowest BCUT2D eigenvalue weighted by Crippen LogP contribution is -2.55. The molecule has 11 nitrogen and oxygen atoms in total. The maximum atomic E-state index is 13.5. The Morgan fingerprint density at radius 2 is 1.57 bits per heavy atom. The zero-order chi connectivity index (χ0) is 30.7. The Labute approximate surface area is 254 Å². The molecular weight excluding hydrogens is 589 g/mol. The SMILES string of the molecule is CSC1=NNC(C)=C(O)N1N/C(=N\n1c(SC)nnc(C)c1=O)[N+](C(C)(C)C)=P(C)(c1ccccc1)c1ccccc1. The predicted octanol–water partition coefficient (Wildman–Crippen LogP) is 3.87. The van der Waals surface area contributed by atoms with Gasteiger partial charge >= 0.3 is 11.5 Å². The van der Waals surface area contributed by atoms with Crippen LogP contribution in [0.3, 0.4) is 0 Å². The first-order chi connectivity index (χ1) is 19.9. The van der Waals surface area contributed by atoms with Crippen LogP contribution in [0, 0.1) is 6.92 Å². The number of aromatic nitrogens is 3. The van der Waals surface area contributed by atoms with Crippen LogP contribution in [0.2, 0.25) is 0 Å². The zero-order valence-electron chi connectivity index (χ0n) is 25.0. The van der Waals surface area contributed by atoms with Crippen LogP contribution < -0.4 is 27.0 Å². The Kier molecular flexibility index (Phi) is 9.54. The van der Waals surface area contributed by atoms with E-state index in [1.165, 1.54) is 33.2 Å². The van der Waals surface area contributed by atoms with E-state index >= 15 is 0 Å². The van der Waals surface area contributed by atoms with Crippen molar-refractivity contribution in [3.8, 4) is 0 Å². The van der Waals surface area contributed by atoms with E-state index in [0.29, 0.717) is 22.0 Å². The summed E-state index contributed by atoms with van der Waals surface area (Å²) in [4.78, 5) is 13.5. The number of amidine groups is 1. The van der Waals surface area contributed by atoms with E-state index in [1.54, 1.807) is 13.8 Å². The molecule has 222 valence electrons. The van der Waals surface area contributed by atoms with Gasteiger partial charge in [0.1, 0.15) is 5.69 Å². The first kappa shape index (κ1) is 31.4. The van der Waals surface area contributed by atoms with Crippen molar-refractivity contribution in [2.45, 2.75) is 45.3 Å². The van der Waals surface area contributed by atoms with Gasteiger partial charge in [-0.2, -0.15) is 5.43 Å². The normalized spacial score (nSPS) is 14.4. The minimum absolute atomic E-state index is 0.0724. The summed E-state index contributed by atoms with van der Waals surface area (Å²) in [6.07, 6.45) is 3.68. The lowest BCUT2D eigenvalue weighted by molar-refractivity contribution is -0.477. The number of hydrogen-bond acceptors (Lipinski definition) is 10. The molecule has 1 aromatic heterocycles. The number of allylic oxidation sites excluding steroid dienone is 1. The highest BCUT2D eigenvalue weighted by Gasteiger charge is 2.40. The molecule has 3 N–H and O–H groups in total. The first-order valence-electron chi connectivity index (χ1n) is 13.2. The number of aliphatic hydroxyl groups excluding tert-OH is 1. The maximum absolute atomic E-state index is 13.5. The van der Waals surface area contributed by atoms with Crippen LogP contribution in [0.4, 0.5) is 0 Å². The number of rotatable bonds is 5. The minimum atomic E-state index is -2.49. The number of hydrazine groups is 1. The van der Waals surface area contributed by atoms with E-state index in [2.05, 4.69) is 82.2 Å². The summed E-state index contributed by atoms with van der Waals surface area (Å²) in [6, 6.07) is 20.6. The minimum Gasteiger partial charge on any atom is -0.491 e. The van der Waals surface area contributed by atoms with Gasteiger partial charge in [0, 0.05) is 15.7 Å². The second-order valence-electron chi connectivity index (χ2n) is 10.5. The lowest BCUT2D eigenvalue weighted by Gasteiger charge is -2.35.